The molecule has 0 aliphatic carbocycles. The van der Waals surface area contributed by atoms with Gasteiger partial charge < -0.3 is 9.72 Å². The van der Waals surface area contributed by atoms with Crippen molar-refractivity contribution in [2.75, 3.05) is 7.11 Å². The molecule has 0 aliphatic rings. The number of nitrogens with zero attached hydrogens (tertiary/aromatic N) is 1. The van der Waals surface area contributed by atoms with Crippen LogP contribution >= 0.6 is 0 Å². The summed E-state index contributed by atoms with van der Waals surface area (Å²) in [6.07, 6.45) is 0. The van der Waals surface area contributed by atoms with Crippen LogP contribution in [0.4, 0.5) is 4.39 Å². The van der Waals surface area contributed by atoms with Crippen LogP contribution in [0.25, 0.3) is 10.9 Å². The largest absolute Gasteiger partial charge is 0.497 e. The molecule has 0 saturated carbocycles. The molecule has 0 spiro atoms. The highest BCUT2D eigenvalue weighted by atomic mass is 32.2. The van der Waals surface area contributed by atoms with Crippen molar-refractivity contribution < 1.29 is 17.5 Å². The number of pyridine rings is 1. The number of aromatic nitrogens is 1. The maximum absolute atomic E-state index is 13.4. The molecular weight excluding hydrogens is 431 g/mol. The normalized spacial score (nSPS) is 11.7. The summed E-state index contributed by atoms with van der Waals surface area (Å²) in [6, 6.07) is 20.5. The lowest BCUT2D eigenvalue weighted by Gasteiger charge is -2.22. The number of sulfonamides is 1. The molecule has 8 heteroatoms. The molecule has 4 aromatic rings. The lowest BCUT2D eigenvalue weighted by molar-refractivity contribution is 0.399. The number of ether oxygens (including phenoxy) is 1. The van der Waals surface area contributed by atoms with Crippen LogP contribution in [0.3, 0.4) is 0 Å². The van der Waals surface area contributed by atoms with Gasteiger partial charge in [0.2, 0.25) is 10.0 Å². The molecular formula is C24H21FN2O4S. The molecule has 0 unspecified atom stereocenters. The Kier molecular flexibility index (Phi) is 6.07. The number of fused-ring (bicyclic) bond motifs is 1. The van der Waals surface area contributed by atoms with Gasteiger partial charge in [-0.3, -0.25) is 4.79 Å². The van der Waals surface area contributed by atoms with Gasteiger partial charge >= 0.3 is 0 Å². The molecule has 0 amide bonds. The Hall–Kier alpha value is -3.49. The van der Waals surface area contributed by atoms with Gasteiger partial charge in [-0.05, 0) is 54.1 Å². The van der Waals surface area contributed by atoms with Crippen LogP contribution in [0.5, 0.6) is 5.75 Å². The standard InChI is InChI=1S/C24H21FN2O4S/c1-31-21-11-12-23-18(14-21)13-19(24(28)26-23)16-27(15-17-7-9-20(25)10-8-17)32(29,30)22-5-3-2-4-6-22/h2-14H,15-16H2,1H3,(H,26,28). The van der Waals surface area contributed by atoms with E-state index in [1.807, 2.05) is 0 Å². The third-order valence-corrected chi connectivity index (χ3v) is 6.93. The number of aromatic amines is 1. The van der Waals surface area contributed by atoms with Crippen molar-refractivity contribution in [2.24, 2.45) is 0 Å². The smallest absolute Gasteiger partial charge is 0.252 e. The van der Waals surface area contributed by atoms with Crippen LogP contribution in [0.1, 0.15) is 11.1 Å². The van der Waals surface area contributed by atoms with E-state index in [0.29, 0.717) is 16.8 Å². The Morgan fingerprint density at radius 3 is 2.34 bits per heavy atom. The van der Waals surface area contributed by atoms with E-state index in [2.05, 4.69) is 4.98 Å². The first-order chi connectivity index (χ1) is 15.4. The van der Waals surface area contributed by atoms with E-state index in [1.165, 1.54) is 40.7 Å². The zero-order valence-electron chi connectivity index (χ0n) is 17.3. The van der Waals surface area contributed by atoms with Gasteiger partial charge in [0, 0.05) is 29.6 Å². The highest BCUT2D eigenvalue weighted by Gasteiger charge is 2.26. The minimum atomic E-state index is -3.93. The van der Waals surface area contributed by atoms with Crippen LogP contribution < -0.4 is 10.3 Å². The monoisotopic (exact) mass is 452 g/mol. The van der Waals surface area contributed by atoms with Crippen molar-refractivity contribution in [2.45, 2.75) is 18.0 Å². The molecule has 3 aromatic carbocycles. The highest BCUT2D eigenvalue weighted by Crippen LogP contribution is 2.23. The summed E-state index contributed by atoms with van der Waals surface area (Å²) in [4.78, 5) is 15.6. The average molecular weight is 453 g/mol. The Morgan fingerprint density at radius 1 is 0.938 bits per heavy atom. The van der Waals surface area contributed by atoms with Gasteiger partial charge in [0.1, 0.15) is 11.6 Å². The number of rotatable bonds is 7. The fraction of sp³-hybridized carbons (Fsp3) is 0.125. The lowest BCUT2D eigenvalue weighted by atomic mass is 10.1. The van der Waals surface area contributed by atoms with E-state index in [4.69, 9.17) is 4.74 Å². The van der Waals surface area contributed by atoms with Crippen molar-refractivity contribution >= 4 is 20.9 Å². The number of H-pyrrole nitrogens is 1. The van der Waals surface area contributed by atoms with E-state index in [9.17, 15) is 17.6 Å². The first-order valence-corrected chi connectivity index (χ1v) is 11.3. The first kappa shape index (κ1) is 21.7. The maximum atomic E-state index is 13.4. The SMILES string of the molecule is COc1ccc2[nH]c(=O)c(CN(Cc3ccc(F)cc3)S(=O)(=O)c3ccccc3)cc2c1. The highest BCUT2D eigenvalue weighted by molar-refractivity contribution is 7.89. The average Bonchev–Trinajstić information content (AvgIpc) is 2.80. The van der Waals surface area contributed by atoms with Crippen LogP contribution in [0.2, 0.25) is 0 Å². The van der Waals surface area contributed by atoms with Crippen molar-refractivity contribution in [3.05, 3.63) is 106 Å². The van der Waals surface area contributed by atoms with Gasteiger partial charge in [0.25, 0.3) is 5.56 Å². The summed E-state index contributed by atoms with van der Waals surface area (Å²) < 4.78 is 46.6. The van der Waals surface area contributed by atoms with Crippen molar-refractivity contribution in [1.29, 1.82) is 0 Å². The number of methoxy groups -OCH3 is 1. The summed E-state index contributed by atoms with van der Waals surface area (Å²) in [7, 11) is -2.38. The van der Waals surface area contributed by atoms with E-state index >= 15 is 0 Å². The van der Waals surface area contributed by atoms with E-state index < -0.39 is 15.8 Å². The molecule has 1 aromatic heterocycles. The fourth-order valence-corrected chi connectivity index (χ4v) is 4.85. The Labute approximate surface area is 185 Å². The van der Waals surface area contributed by atoms with Crippen molar-refractivity contribution in [3.8, 4) is 5.75 Å². The topological polar surface area (TPSA) is 79.5 Å². The van der Waals surface area contributed by atoms with Crippen LogP contribution in [-0.2, 0) is 23.1 Å². The second-order valence-electron chi connectivity index (χ2n) is 7.29. The van der Waals surface area contributed by atoms with Crippen molar-refractivity contribution in [3.63, 3.8) is 0 Å². The summed E-state index contributed by atoms with van der Waals surface area (Å²) in [5, 5.41) is 0.720. The van der Waals surface area contributed by atoms with Gasteiger partial charge in [-0.25, -0.2) is 12.8 Å². The number of nitrogens with one attached hydrogen (secondary N) is 1. The number of benzene rings is 3. The molecule has 6 nitrogen and oxygen atoms in total. The van der Waals surface area contributed by atoms with Gasteiger partial charge in [0.05, 0.1) is 12.0 Å². The quantitative estimate of drug-likeness (QED) is 0.459. The predicted octanol–water partition coefficient (Wildman–Crippen LogP) is 4.07. The van der Waals surface area contributed by atoms with Gasteiger partial charge in [-0.1, -0.05) is 30.3 Å². The molecule has 0 bridgehead atoms. The predicted molar refractivity (Wildman–Crippen MR) is 120 cm³/mol. The summed E-state index contributed by atoms with van der Waals surface area (Å²) in [5.74, 6) is 0.210. The van der Waals surface area contributed by atoms with Crippen LogP contribution in [0.15, 0.2) is 88.6 Å². The minimum absolute atomic E-state index is 0.0207. The second-order valence-corrected chi connectivity index (χ2v) is 9.23. The molecule has 32 heavy (non-hydrogen) atoms. The van der Waals surface area contributed by atoms with Gasteiger partial charge in [-0.2, -0.15) is 4.31 Å². The summed E-state index contributed by atoms with van der Waals surface area (Å²) >= 11 is 0. The molecule has 0 saturated heterocycles. The maximum Gasteiger partial charge on any atom is 0.252 e. The fourth-order valence-electron chi connectivity index (χ4n) is 3.43. The van der Waals surface area contributed by atoms with E-state index in [1.54, 1.807) is 49.6 Å². The van der Waals surface area contributed by atoms with Crippen LogP contribution in [0, 0.1) is 5.82 Å². The zero-order valence-corrected chi connectivity index (χ0v) is 18.1. The lowest BCUT2D eigenvalue weighted by Crippen LogP contribution is -2.32. The molecule has 0 atom stereocenters. The van der Waals surface area contributed by atoms with E-state index in [-0.39, 0.29) is 29.1 Å². The van der Waals surface area contributed by atoms with Gasteiger partial charge in [-0.15, -0.1) is 0 Å². The van der Waals surface area contributed by atoms with Crippen molar-refractivity contribution in [1.82, 2.24) is 9.29 Å². The van der Waals surface area contributed by atoms with E-state index in [0.717, 1.165) is 5.39 Å². The molecule has 1 N–H and O–H groups in total. The Morgan fingerprint density at radius 2 is 1.66 bits per heavy atom. The zero-order chi connectivity index (χ0) is 22.7. The third kappa shape index (κ3) is 4.56. The molecule has 0 fully saturated rings. The molecule has 1 heterocycles. The second kappa shape index (κ2) is 8.94. The van der Waals surface area contributed by atoms with Crippen LogP contribution in [-0.4, -0.2) is 24.8 Å². The number of halogens is 1. The number of hydrogen-bond donors (Lipinski definition) is 1. The molecule has 164 valence electrons. The molecule has 4 rings (SSSR count). The third-order valence-electron chi connectivity index (χ3n) is 5.13. The first-order valence-electron chi connectivity index (χ1n) is 9.86. The minimum Gasteiger partial charge on any atom is -0.497 e. The Bertz CT molecular complexity index is 1400. The summed E-state index contributed by atoms with van der Waals surface area (Å²) in [6.45, 7) is -0.176. The molecule has 0 aliphatic heterocycles. The molecule has 0 radical (unpaired) electrons. The summed E-state index contributed by atoms with van der Waals surface area (Å²) in [5.41, 5.74) is 1.13. The Balaban J connectivity index is 1.77. The number of hydrogen-bond acceptors (Lipinski definition) is 4. The van der Waals surface area contributed by atoms with Gasteiger partial charge in [0.15, 0.2) is 0 Å².